The second-order valence-corrected chi connectivity index (χ2v) is 13.1. The number of esters is 1. The van der Waals surface area contributed by atoms with Crippen molar-refractivity contribution in [1.29, 1.82) is 0 Å². The number of benzene rings is 1. The first-order valence-electron chi connectivity index (χ1n) is 16.6. The normalized spacial score (nSPS) is 27.9. The second kappa shape index (κ2) is 17.1. The number of carbonyl (C=O) groups excluding carboxylic acids is 3. The maximum Gasteiger partial charge on any atom is 0.410 e. The maximum absolute atomic E-state index is 14.9. The van der Waals surface area contributed by atoms with Crippen LogP contribution in [0.1, 0.15) is 45.6 Å². The summed E-state index contributed by atoms with van der Waals surface area (Å²) in [4.78, 5) is 46.2. The van der Waals surface area contributed by atoms with E-state index in [0.29, 0.717) is 69.0 Å². The van der Waals surface area contributed by atoms with E-state index in [9.17, 15) is 23.9 Å². The number of ether oxygens (including phenoxy) is 3. The average Bonchev–Trinajstić information content (AvgIpc) is 3.03. The molecule has 11 nitrogen and oxygen atoms in total. The molecule has 4 rings (SSSR count). The van der Waals surface area contributed by atoms with E-state index in [1.807, 2.05) is 50.9 Å². The van der Waals surface area contributed by atoms with Gasteiger partial charge in [-0.25, -0.2) is 9.18 Å². The molecule has 5 atom stereocenters. The molecular weight excluding hydrogens is 607 g/mol. The summed E-state index contributed by atoms with van der Waals surface area (Å²) in [6.07, 6.45) is 3.79. The Morgan fingerprint density at radius 3 is 2.51 bits per heavy atom. The minimum atomic E-state index is -0.897. The quantitative estimate of drug-likeness (QED) is 0.347. The fraction of sp³-hybridized carbons (Fsp3) is 0.629. The number of hydrogen-bond donors (Lipinski definition) is 1. The van der Waals surface area contributed by atoms with Gasteiger partial charge in [-0.1, -0.05) is 26.0 Å². The van der Waals surface area contributed by atoms with Crippen molar-refractivity contribution in [3.8, 4) is 0 Å². The molecule has 0 spiro atoms. The van der Waals surface area contributed by atoms with E-state index in [1.54, 1.807) is 23.0 Å². The van der Waals surface area contributed by atoms with Crippen LogP contribution in [0.3, 0.4) is 0 Å². The molecule has 1 aromatic carbocycles. The number of hydrogen-bond acceptors (Lipinski definition) is 9. The van der Waals surface area contributed by atoms with Crippen LogP contribution in [0.25, 0.3) is 6.08 Å². The molecule has 3 heterocycles. The number of aliphatic hydroxyl groups excluding tert-OH is 1. The Bertz CT molecular complexity index is 1300. The molecule has 0 bridgehead atoms. The average molecular weight is 659 g/mol. The zero-order valence-electron chi connectivity index (χ0n) is 28.4. The summed E-state index contributed by atoms with van der Waals surface area (Å²) in [7, 11) is 3.62. The number of amides is 2. The Hall–Kier alpha value is -3.48. The number of nitrogens with zero attached hydrogens (tertiary/aromatic N) is 4. The Balaban J connectivity index is 1.54. The molecule has 2 amide bonds. The predicted octanol–water partition coefficient (Wildman–Crippen LogP) is 3.56. The highest BCUT2D eigenvalue weighted by atomic mass is 19.1. The molecule has 47 heavy (non-hydrogen) atoms. The molecule has 2 saturated heterocycles. The van der Waals surface area contributed by atoms with Crippen molar-refractivity contribution in [2.75, 3.05) is 78.0 Å². The van der Waals surface area contributed by atoms with Crippen LogP contribution in [0.4, 0.5) is 14.9 Å². The molecule has 0 aliphatic carbocycles. The number of likely N-dealkylation sites (N-methyl/N-ethyl adjacent to an activating group) is 1. The molecule has 3 aliphatic rings. The largest absolute Gasteiger partial charge is 0.457 e. The number of methoxy groups -OCH3 is 1. The molecule has 0 radical (unpaired) electrons. The Morgan fingerprint density at radius 2 is 1.81 bits per heavy atom. The molecule has 2 fully saturated rings. The standard InChI is InChI=1S/C35H51FN4O7/c1-24-6-8-30(41)22-33(43)47-34(25(2)7-9-31(24)46-35(44)39-12-10-37(4)11-13-39)26(3)18-27-19-28(36)21-29(20-27)40-15-14-38(16-17-45-5)32(42)23-40/h7,9,18-21,24-25,30-31,34,41H,6,8,10-17,22-23H2,1-5H3/b9-7+,26-18+/t24-,25+,30+,31+,34+/m1/s1. The minimum Gasteiger partial charge on any atom is -0.457 e. The van der Waals surface area contributed by atoms with Crippen LogP contribution in [0.2, 0.25) is 0 Å². The zero-order valence-corrected chi connectivity index (χ0v) is 28.4. The van der Waals surface area contributed by atoms with Crippen molar-refractivity contribution in [2.24, 2.45) is 11.8 Å². The number of anilines is 1. The van der Waals surface area contributed by atoms with Crippen LogP contribution in [0.5, 0.6) is 0 Å². The van der Waals surface area contributed by atoms with Gasteiger partial charge >= 0.3 is 12.1 Å². The van der Waals surface area contributed by atoms with Crippen molar-refractivity contribution in [1.82, 2.24) is 14.7 Å². The van der Waals surface area contributed by atoms with Crippen molar-refractivity contribution in [3.05, 3.63) is 47.3 Å². The van der Waals surface area contributed by atoms with Gasteiger partial charge in [0.15, 0.2) is 0 Å². The fourth-order valence-electron chi connectivity index (χ4n) is 6.20. The van der Waals surface area contributed by atoms with Crippen LogP contribution in [-0.4, -0.2) is 129 Å². The van der Waals surface area contributed by atoms with Crippen LogP contribution in [0, 0.1) is 17.7 Å². The Kier molecular flexibility index (Phi) is 13.2. The lowest BCUT2D eigenvalue weighted by atomic mass is 9.91. The molecular formula is C35H51FN4O7. The first-order chi connectivity index (χ1) is 22.4. The number of piperazine rings is 2. The smallest absolute Gasteiger partial charge is 0.410 e. The Labute approximate surface area is 277 Å². The summed E-state index contributed by atoms with van der Waals surface area (Å²) < 4.78 is 31.9. The predicted molar refractivity (Wildman–Crippen MR) is 177 cm³/mol. The van der Waals surface area contributed by atoms with Gasteiger partial charge in [0.2, 0.25) is 5.91 Å². The van der Waals surface area contributed by atoms with Gasteiger partial charge in [-0.2, -0.15) is 0 Å². The first-order valence-corrected chi connectivity index (χ1v) is 16.6. The summed E-state index contributed by atoms with van der Waals surface area (Å²) in [5.74, 6) is -1.42. The van der Waals surface area contributed by atoms with Gasteiger partial charge in [0, 0.05) is 64.5 Å². The van der Waals surface area contributed by atoms with Gasteiger partial charge in [0.1, 0.15) is 18.0 Å². The first kappa shape index (κ1) is 36.4. The highest BCUT2D eigenvalue weighted by Crippen LogP contribution is 2.28. The highest BCUT2D eigenvalue weighted by Gasteiger charge is 2.29. The van der Waals surface area contributed by atoms with Gasteiger partial charge in [-0.3, -0.25) is 9.59 Å². The summed E-state index contributed by atoms with van der Waals surface area (Å²) in [6, 6.07) is 4.64. The second-order valence-electron chi connectivity index (χ2n) is 13.1. The van der Waals surface area contributed by atoms with Crippen molar-refractivity contribution < 1.29 is 38.1 Å². The van der Waals surface area contributed by atoms with Gasteiger partial charge < -0.3 is 38.9 Å². The van der Waals surface area contributed by atoms with Crippen LogP contribution >= 0.6 is 0 Å². The number of rotatable bonds is 7. The molecule has 0 saturated carbocycles. The van der Waals surface area contributed by atoms with Gasteiger partial charge in [-0.15, -0.1) is 0 Å². The minimum absolute atomic E-state index is 0.0457. The van der Waals surface area contributed by atoms with E-state index in [4.69, 9.17) is 14.2 Å². The molecule has 0 aromatic heterocycles. The van der Waals surface area contributed by atoms with E-state index in [1.165, 1.54) is 12.1 Å². The van der Waals surface area contributed by atoms with Crippen LogP contribution < -0.4 is 4.90 Å². The third kappa shape index (κ3) is 10.5. The van der Waals surface area contributed by atoms with E-state index in [0.717, 1.165) is 13.1 Å². The number of halogens is 1. The lowest BCUT2D eigenvalue weighted by molar-refractivity contribution is -0.151. The lowest BCUT2D eigenvalue weighted by Crippen LogP contribution is -2.51. The highest BCUT2D eigenvalue weighted by molar-refractivity contribution is 5.83. The van der Waals surface area contributed by atoms with E-state index < -0.39 is 30.1 Å². The lowest BCUT2D eigenvalue weighted by Gasteiger charge is -2.35. The summed E-state index contributed by atoms with van der Waals surface area (Å²) in [6.45, 7) is 10.6. The third-order valence-corrected chi connectivity index (χ3v) is 9.25. The van der Waals surface area contributed by atoms with Gasteiger partial charge in [-0.05, 0) is 68.1 Å². The number of cyclic esters (lactones) is 1. The fourth-order valence-corrected chi connectivity index (χ4v) is 6.20. The van der Waals surface area contributed by atoms with Crippen LogP contribution in [-0.2, 0) is 23.8 Å². The Morgan fingerprint density at radius 1 is 1.06 bits per heavy atom. The summed E-state index contributed by atoms with van der Waals surface area (Å²) in [5, 5.41) is 10.6. The molecule has 12 heteroatoms. The third-order valence-electron chi connectivity index (χ3n) is 9.25. The zero-order chi connectivity index (χ0) is 34.1. The van der Waals surface area contributed by atoms with E-state index >= 15 is 0 Å². The molecule has 260 valence electrons. The number of carbonyl (C=O) groups is 3. The van der Waals surface area contributed by atoms with Gasteiger partial charge in [0.25, 0.3) is 0 Å². The van der Waals surface area contributed by atoms with Crippen molar-refractivity contribution in [2.45, 2.75) is 58.3 Å². The molecule has 1 aromatic rings. The van der Waals surface area contributed by atoms with Crippen molar-refractivity contribution in [3.63, 3.8) is 0 Å². The van der Waals surface area contributed by atoms with Gasteiger partial charge in [0.05, 0.1) is 25.7 Å². The summed E-state index contributed by atoms with van der Waals surface area (Å²) in [5.41, 5.74) is 1.84. The number of aliphatic hydroxyl groups is 1. The maximum atomic E-state index is 14.9. The topological polar surface area (TPSA) is 112 Å². The molecule has 0 unspecified atom stereocenters. The monoisotopic (exact) mass is 658 g/mol. The molecule has 1 N–H and O–H groups in total. The van der Waals surface area contributed by atoms with E-state index in [-0.39, 0.29) is 36.8 Å². The van der Waals surface area contributed by atoms with Crippen molar-refractivity contribution >= 4 is 29.7 Å². The summed E-state index contributed by atoms with van der Waals surface area (Å²) >= 11 is 0. The SMILES string of the molecule is COCCN1CCN(c2cc(F)cc(/C=C(\C)[C@H]3OC(=O)C[C@@H](O)CC[C@@H](C)[C@@H](OC(=O)N4CCN(C)CC4)/C=C/[C@@H]3C)c2)CC1=O. The molecule has 3 aliphatic heterocycles. The van der Waals surface area contributed by atoms with Crippen LogP contribution in [0.15, 0.2) is 35.9 Å². The van der Waals surface area contributed by atoms with E-state index in [2.05, 4.69) is 4.90 Å².